The lowest BCUT2D eigenvalue weighted by atomic mass is 10.2. The van der Waals surface area contributed by atoms with Crippen molar-refractivity contribution in [3.8, 4) is 0 Å². The van der Waals surface area contributed by atoms with Crippen molar-refractivity contribution in [2.75, 3.05) is 52.4 Å². The zero-order valence-electron chi connectivity index (χ0n) is 12.0. The van der Waals surface area contributed by atoms with E-state index in [4.69, 9.17) is 0 Å². The summed E-state index contributed by atoms with van der Waals surface area (Å²) in [4.78, 5) is 5.20. The second kappa shape index (κ2) is 7.27. The zero-order valence-corrected chi connectivity index (χ0v) is 12.0. The molecular formula is C15H29N3. The van der Waals surface area contributed by atoms with Crippen LogP contribution in [0.1, 0.15) is 26.2 Å². The zero-order chi connectivity index (χ0) is 12.8. The molecule has 0 atom stereocenters. The van der Waals surface area contributed by atoms with Gasteiger partial charge in [-0.1, -0.05) is 13.5 Å². The van der Waals surface area contributed by atoms with Gasteiger partial charge in [-0.2, -0.15) is 0 Å². The van der Waals surface area contributed by atoms with Crippen LogP contribution in [0.2, 0.25) is 0 Å². The van der Waals surface area contributed by atoms with Crippen molar-refractivity contribution in [3.05, 3.63) is 12.2 Å². The van der Waals surface area contributed by atoms with Gasteiger partial charge < -0.3 is 10.2 Å². The highest BCUT2D eigenvalue weighted by Gasteiger charge is 2.26. The van der Waals surface area contributed by atoms with Gasteiger partial charge in [0.1, 0.15) is 0 Å². The van der Waals surface area contributed by atoms with Crippen LogP contribution in [0.15, 0.2) is 12.2 Å². The van der Waals surface area contributed by atoms with Crippen LogP contribution < -0.4 is 5.32 Å². The minimum absolute atomic E-state index is 0.982. The maximum Gasteiger partial charge on any atom is 0.0203 e. The molecule has 18 heavy (non-hydrogen) atoms. The quantitative estimate of drug-likeness (QED) is 0.522. The Bertz CT molecular complexity index is 252. The largest absolute Gasteiger partial charge is 0.313 e. The standard InChI is InChI=1S/C15H29N3/c1-3-6-16-11-14(2)12-17-7-9-18(10-8-17)13-15-4-5-15/h15-16H,2-13H2,1H3. The van der Waals surface area contributed by atoms with Gasteiger partial charge in [-0.05, 0) is 37.3 Å². The summed E-state index contributed by atoms with van der Waals surface area (Å²) in [5, 5.41) is 3.43. The number of nitrogens with zero attached hydrogens (tertiary/aromatic N) is 2. The van der Waals surface area contributed by atoms with Gasteiger partial charge in [0.15, 0.2) is 0 Å². The summed E-state index contributed by atoms with van der Waals surface area (Å²) in [5.74, 6) is 1.03. The van der Waals surface area contributed by atoms with Gasteiger partial charge >= 0.3 is 0 Å². The Labute approximate surface area is 112 Å². The Hall–Kier alpha value is -0.380. The first kappa shape index (κ1) is 14.0. The molecule has 0 bridgehead atoms. The maximum atomic E-state index is 4.18. The monoisotopic (exact) mass is 251 g/mol. The molecule has 0 unspecified atom stereocenters. The number of hydrogen-bond acceptors (Lipinski definition) is 3. The third-order valence-electron chi connectivity index (χ3n) is 3.93. The van der Waals surface area contributed by atoms with E-state index in [2.05, 4.69) is 28.6 Å². The molecule has 0 aromatic rings. The highest BCUT2D eigenvalue weighted by Crippen LogP contribution is 2.29. The van der Waals surface area contributed by atoms with Crippen LogP contribution in [0.4, 0.5) is 0 Å². The minimum Gasteiger partial charge on any atom is -0.313 e. The van der Waals surface area contributed by atoms with Crippen molar-refractivity contribution in [1.29, 1.82) is 0 Å². The summed E-state index contributed by atoms with van der Waals surface area (Å²) in [6.45, 7) is 15.9. The Kier molecular flexibility index (Phi) is 5.67. The fourth-order valence-electron chi connectivity index (χ4n) is 2.61. The minimum atomic E-state index is 0.982. The van der Waals surface area contributed by atoms with E-state index < -0.39 is 0 Å². The number of piperazine rings is 1. The van der Waals surface area contributed by atoms with Crippen LogP contribution in [-0.2, 0) is 0 Å². The average Bonchev–Trinajstić information content (AvgIpc) is 3.16. The molecule has 1 aliphatic carbocycles. The molecule has 3 nitrogen and oxygen atoms in total. The van der Waals surface area contributed by atoms with E-state index in [0.717, 1.165) is 25.6 Å². The van der Waals surface area contributed by atoms with E-state index in [1.165, 1.54) is 57.6 Å². The van der Waals surface area contributed by atoms with E-state index in [1.807, 2.05) is 0 Å². The summed E-state index contributed by atoms with van der Waals surface area (Å²) < 4.78 is 0. The molecule has 0 amide bonds. The van der Waals surface area contributed by atoms with E-state index in [0.29, 0.717) is 0 Å². The molecule has 1 aliphatic heterocycles. The molecule has 1 heterocycles. The van der Waals surface area contributed by atoms with Crippen molar-refractivity contribution in [1.82, 2.24) is 15.1 Å². The predicted octanol–water partition coefficient (Wildman–Crippen LogP) is 1.57. The lowest BCUT2D eigenvalue weighted by molar-refractivity contribution is 0.136. The van der Waals surface area contributed by atoms with Crippen LogP contribution in [-0.4, -0.2) is 62.2 Å². The molecule has 104 valence electrons. The first-order valence-corrected chi connectivity index (χ1v) is 7.60. The number of nitrogens with one attached hydrogen (secondary N) is 1. The maximum absolute atomic E-state index is 4.18. The second-order valence-corrected chi connectivity index (χ2v) is 5.95. The molecule has 1 saturated carbocycles. The van der Waals surface area contributed by atoms with Crippen LogP contribution in [0.5, 0.6) is 0 Å². The van der Waals surface area contributed by atoms with Crippen LogP contribution in [0, 0.1) is 5.92 Å². The van der Waals surface area contributed by atoms with Gasteiger partial charge in [0.25, 0.3) is 0 Å². The van der Waals surface area contributed by atoms with Gasteiger partial charge in [0.2, 0.25) is 0 Å². The Balaban J connectivity index is 1.56. The molecule has 2 rings (SSSR count). The van der Waals surface area contributed by atoms with E-state index >= 15 is 0 Å². The topological polar surface area (TPSA) is 18.5 Å². The van der Waals surface area contributed by atoms with Crippen molar-refractivity contribution in [2.24, 2.45) is 5.92 Å². The highest BCUT2D eigenvalue weighted by atomic mass is 15.3. The third-order valence-corrected chi connectivity index (χ3v) is 3.93. The van der Waals surface area contributed by atoms with Gasteiger partial charge in [-0.25, -0.2) is 0 Å². The van der Waals surface area contributed by atoms with Crippen molar-refractivity contribution < 1.29 is 0 Å². The first-order valence-electron chi connectivity index (χ1n) is 7.60. The summed E-state index contributed by atoms with van der Waals surface area (Å²) in [5.41, 5.74) is 1.33. The van der Waals surface area contributed by atoms with Gasteiger partial charge in [0.05, 0.1) is 0 Å². The molecule has 1 N–H and O–H groups in total. The summed E-state index contributed by atoms with van der Waals surface area (Å²) in [6, 6.07) is 0. The van der Waals surface area contributed by atoms with Crippen LogP contribution in [0.3, 0.4) is 0 Å². The molecule has 0 spiro atoms. The molecule has 3 heteroatoms. The fraction of sp³-hybridized carbons (Fsp3) is 0.867. The highest BCUT2D eigenvalue weighted by molar-refractivity contribution is 5.00. The van der Waals surface area contributed by atoms with Crippen molar-refractivity contribution in [3.63, 3.8) is 0 Å². The van der Waals surface area contributed by atoms with Gasteiger partial charge in [0, 0.05) is 45.8 Å². The summed E-state index contributed by atoms with van der Waals surface area (Å²) in [7, 11) is 0. The summed E-state index contributed by atoms with van der Waals surface area (Å²) in [6.07, 6.45) is 4.15. The van der Waals surface area contributed by atoms with E-state index in [9.17, 15) is 0 Å². The third kappa shape index (κ3) is 5.09. The average molecular weight is 251 g/mol. The smallest absolute Gasteiger partial charge is 0.0203 e. The predicted molar refractivity (Wildman–Crippen MR) is 77.9 cm³/mol. The first-order chi connectivity index (χ1) is 8.78. The number of hydrogen-bond donors (Lipinski definition) is 1. The fourth-order valence-corrected chi connectivity index (χ4v) is 2.61. The Morgan fingerprint density at radius 1 is 1.17 bits per heavy atom. The molecule has 2 aliphatic rings. The van der Waals surface area contributed by atoms with Crippen molar-refractivity contribution in [2.45, 2.75) is 26.2 Å². The number of rotatable bonds is 8. The Morgan fingerprint density at radius 3 is 2.44 bits per heavy atom. The van der Waals surface area contributed by atoms with E-state index in [-0.39, 0.29) is 0 Å². The molecule has 0 aromatic carbocycles. The molecule has 0 radical (unpaired) electrons. The molecule has 1 saturated heterocycles. The lowest BCUT2D eigenvalue weighted by Crippen LogP contribution is -2.47. The molecule has 2 fully saturated rings. The summed E-state index contributed by atoms with van der Waals surface area (Å²) >= 11 is 0. The van der Waals surface area contributed by atoms with Crippen LogP contribution >= 0.6 is 0 Å². The van der Waals surface area contributed by atoms with Gasteiger partial charge in [-0.3, -0.25) is 4.90 Å². The van der Waals surface area contributed by atoms with Crippen molar-refractivity contribution >= 4 is 0 Å². The lowest BCUT2D eigenvalue weighted by Gasteiger charge is -2.35. The van der Waals surface area contributed by atoms with Gasteiger partial charge in [-0.15, -0.1) is 0 Å². The SMILES string of the molecule is C=C(CNCCC)CN1CCN(CC2CC2)CC1. The van der Waals surface area contributed by atoms with E-state index in [1.54, 1.807) is 0 Å². The molecular weight excluding hydrogens is 222 g/mol. The Morgan fingerprint density at radius 2 is 1.83 bits per heavy atom. The molecule has 0 aromatic heterocycles. The normalized spacial score (nSPS) is 22.3. The van der Waals surface area contributed by atoms with Crippen LogP contribution in [0.25, 0.3) is 0 Å². The second-order valence-electron chi connectivity index (χ2n) is 5.95.